The molecule has 1 aromatic rings. The number of aromatic nitrogens is 2. The first-order valence-electron chi connectivity index (χ1n) is 8.60. The lowest BCUT2D eigenvalue weighted by Gasteiger charge is -2.28. The average molecular weight is 287 g/mol. The maximum absolute atomic E-state index is 12.3. The zero-order valence-electron chi connectivity index (χ0n) is 12.7. The minimum absolute atomic E-state index is 0.159. The van der Waals surface area contributed by atoms with Gasteiger partial charge in [0.15, 0.2) is 0 Å². The Bertz CT molecular complexity index is 540. The topological polar surface area (TPSA) is 57.8 Å². The summed E-state index contributed by atoms with van der Waals surface area (Å²) < 4.78 is 0. The Hall–Kier alpha value is -1.32. The Morgan fingerprint density at radius 1 is 1.29 bits per heavy atom. The number of nitrogens with one attached hydrogen (secondary N) is 2. The first kappa shape index (κ1) is 13.4. The fraction of sp³-hybridized carbons (Fsp3) is 0.765. The quantitative estimate of drug-likeness (QED) is 0.894. The number of H-pyrrole nitrogens is 1. The molecule has 4 nitrogen and oxygen atoms in total. The van der Waals surface area contributed by atoms with E-state index in [1.165, 1.54) is 56.2 Å². The lowest BCUT2D eigenvalue weighted by molar-refractivity contribution is -0.122. The van der Waals surface area contributed by atoms with Gasteiger partial charge in [0.25, 0.3) is 0 Å². The zero-order valence-corrected chi connectivity index (χ0v) is 12.7. The van der Waals surface area contributed by atoms with Gasteiger partial charge in [-0.3, -0.25) is 9.89 Å². The number of hydrogen-bond donors (Lipinski definition) is 2. The van der Waals surface area contributed by atoms with E-state index in [9.17, 15) is 4.79 Å². The summed E-state index contributed by atoms with van der Waals surface area (Å²) in [6.07, 6.45) is 12.4. The van der Waals surface area contributed by atoms with E-state index in [0.717, 1.165) is 30.9 Å². The summed E-state index contributed by atoms with van der Waals surface area (Å²) in [5, 5.41) is 11.0. The third-order valence-electron chi connectivity index (χ3n) is 5.88. The number of amides is 1. The first-order valence-corrected chi connectivity index (χ1v) is 8.60. The number of fused-ring (bicyclic) bond motifs is 3. The molecule has 0 aromatic carbocycles. The standard InChI is InChI=1S/C17H25N3O/c21-16(18-17-9-7-12(11-17)8-10-17)6-5-15-13-3-1-2-4-14(13)19-20-15/h12H,1-11H2,(H,18,21)(H,19,20). The van der Waals surface area contributed by atoms with Crippen LogP contribution in [0.25, 0.3) is 0 Å². The van der Waals surface area contributed by atoms with Gasteiger partial charge in [0.2, 0.25) is 5.91 Å². The third kappa shape index (κ3) is 2.49. The van der Waals surface area contributed by atoms with Crippen molar-refractivity contribution >= 4 is 5.91 Å². The van der Waals surface area contributed by atoms with E-state index >= 15 is 0 Å². The van der Waals surface area contributed by atoms with Gasteiger partial charge in [-0.25, -0.2) is 0 Å². The molecule has 2 fully saturated rings. The van der Waals surface area contributed by atoms with Crippen molar-refractivity contribution in [3.63, 3.8) is 0 Å². The minimum atomic E-state index is 0.159. The molecule has 0 spiro atoms. The van der Waals surface area contributed by atoms with Gasteiger partial charge in [-0.15, -0.1) is 0 Å². The van der Waals surface area contributed by atoms with Crippen molar-refractivity contribution < 1.29 is 4.79 Å². The number of rotatable bonds is 4. The molecule has 0 aliphatic heterocycles. The second-order valence-electron chi connectivity index (χ2n) is 7.31. The van der Waals surface area contributed by atoms with Crippen LogP contribution < -0.4 is 5.32 Å². The smallest absolute Gasteiger partial charge is 0.220 e. The van der Waals surface area contributed by atoms with Gasteiger partial charge in [0.1, 0.15) is 0 Å². The zero-order chi connectivity index (χ0) is 14.3. The van der Waals surface area contributed by atoms with Crippen LogP contribution in [0.2, 0.25) is 0 Å². The molecular weight excluding hydrogens is 262 g/mol. The molecule has 4 heteroatoms. The summed E-state index contributed by atoms with van der Waals surface area (Å²) in [4.78, 5) is 12.3. The van der Waals surface area contributed by atoms with Gasteiger partial charge >= 0.3 is 0 Å². The van der Waals surface area contributed by atoms with Crippen LogP contribution in [0.5, 0.6) is 0 Å². The van der Waals surface area contributed by atoms with Crippen LogP contribution in [0, 0.1) is 5.92 Å². The summed E-state index contributed by atoms with van der Waals surface area (Å²) in [7, 11) is 0. The predicted octanol–water partition coefficient (Wildman–Crippen LogP) is 2.67. The second kappa shape index (κ2) is 5.15. The van der Waals surface area contributed by atoms with Crippen LogP contribution in [0.1, 0.15) is 68.3 Å². The molecule has 1 amide bonds. The number of aromatic amines is 1. The van der Waals surface area contributed by atoms with E-state index in [1.807, 2.05) is 0 Å². The number of nitrogens with zero attached hydrogens (tertiary/aromatic N) is 1. The highest BCUT2D eigenvalue weighted by atomic mass is 16.1. The van der Waals surface area contributed by atoms with E-state index in [1.54, 1.807) is 0 Å². The van der Waals surface area contributed by atoms with E-state index in [-0.39, 0.29) is 11.4 Å². The van der Waals surface area contributed by atoms with E-state index in [0.29, 0.717) is 6.42 Å². The first-order chi connectivity index (χ1) is 10.2. The van der Waals surface area contributed by atoms with Crippen molar-refractivity contribution in [2.75, 3.05) is 0 Å². The molecule has 2 N–H and O–H groups in total. The lowest BCUT2D eigenvalue weighted by atomic mass is 9.93. The summed E-state index contributed by atoms with van der Waals surface area (Å²) in [6, 6.07) is 0. The molecule has 0 atom stereocenters. The van der Waals surface area contributed by atoms with Crippen molar-refractivity contribution in [3.05, 3.63) is 17.0 Å². The summed E-state index contributed by atoms with van der Waals surface area (Å²) in [5.74, 6) is 1.11. The van der Waals surface area contributed by atoms with Crippen LogP contribution in [-0.4, -0.2) is 21.6 Å². The number of hydrogen-bond acceptors (Lipinski definition) is 2. The monoisotopic (exact) mass is 287 g/mol. The summed E-state index contributed by atoms with van der Waals surface area (Å²) in [6.45, 7) is 0. The molecule has 1 aromatic heterocycles. The number of carbonyl (C=O) groups excluding carboxylic acids is 1. The molecule has 21 heavy (non-hydrogen) atoms. The van der Waals surface area contributed by atoms with Crippen LogP contribution in [0.3, 0.4) is 0 Å². The van der Waals surface area contributed by atoms with Gasteiger partial charge in [-0.05, 0) is 69.3 Å². The van der Waals surface area contributed by atoms with Crippen molar-refractivity contribution in [1.82, 2.24) is 15.5 Å². The molecule has 2 saturated carbocycles. The molecule has 3 aliphatic carbocycles. The molecule has 0 radical (unpaired) electrons. The molecule has 4 rings (SSSR count). The number of carbonyl (C=O) groups is 1. The van der Waals surface area contributed by atoms with Crippen molar-refractivity contribution in [2.24, 2.45) is 5.92 Å². The van der Waals surface area contributed by atoms with E-state index in [4.69, 9.17) is 0 Å². The second-order valence-corrected chi connectivity index (χ2v) is 7.31. The normalized spacial score (nSPS) is 30.4. The van der Waals surface area contributed by atoms with E-state index < -0.39 is 0 Å². The molecule has 1 heterocycles. The highest BCUT2D eigenvalue weighted by molar-refractivity contribution is 5.77. The van der Waals surface area contributed by atoms with Gasteiger partial charge in [0, 0.05) is 24.1 Å². The SMILES string of the molecule is O=C(CCc1n[nH]c2c1CCCC2)NC12CCC(CC1)C2. The third-order valence-corrected chi connectivity index (χ3v) is 5.88. The van der Waals surface area contributed by atoms with Gasteiger partial charge < -0.3 is 5.32 Å². The van der Waals surface area contributed by atoms with Crippen LogP contribution >= 0.6 is 0 Å². The summed E-state index contributed by atoms with van der Waals surface area (Å²) >= 11 is 0. The Morgan fingerprint density at radius 2 is 2.10 bits per heavy atom. The highest BCUT2D eigenvalue weighted by Crippen LogP contribution is 2.47. The largest absolute Gasteiger partial charge is 0.351 e. The maximum Gasteiger partial charge on any atom is 0.220 e. The number of aryl methyl sites for hydroxylation is 2. The van der Waals surface area contributed by atoms with Crippen molar-refractivity contribution in [2.45, 2.75) is 76.2 Å². The van der Waals surface area contributed by atoms with Gasteiger partial charge in [-0.2, -0.15) is 5.10 Å². The van der Waals surface area contributed by atoms with Crippen molar-refractivity contribution in [1.29, 1.82) is 0 Å². The maximum atomic E-state index is 12.3. The van der Waals surface area contributed by atoms with Gasteiger partial charge in [-0.1, -0.05) is 0 Å². The highest BCUT2D eigenvalue weighted by Gasteiger charge is 2.45. The Labute approximate surface area is 126 Å². The van der Waals surface area contributed by atoms with Crippen LogP contribution in [0.4, 0.5) is 0 Å². The van der Waals surface area contributed by atoms with Crippen LogP contribution in [0.15, 0.2) is 0 Å². The molecular formula is C17H25N3O. The molecule has 0 saturated heterocycles. The average Bonchev–Trinajstić information content (AvgIpc) is 3.19. The fourth-order valence-electron chi connectivity index (χ4n) is 4.71. The molecule has 114 valence electrons. The fourth-order valence-corrected chi connectivity index (χ4v) is 4.71. The molecule has 2 bridgehead atoms. The minimum Gasteiger partial charge on any atom is -0.351 e. The van der Waals surface area contributed by atoms with Crippen molar-refractivity contribution in [3.8, 4) is 0 Å². The Balaban J connectivity index is 1.34. The van der Waals surface area contributed by atoms with Gasteiger partial charge in [0.05, 0.1) is 5.69 Å². The Kier molecular flexibility index (Phi) is 3.27. The van der Waals surface area contributed by atoms with E-state index in [2.05, 4.69) is 15.5 Å². The molecule has 0 unspecified atom stereocenters. The molecule has 3 aliphatic rings. The Morgan fingerprint density at radius 3 is 2.86 bits per heavy atom. The summed E-state index contributed by atoms with van der Waals surface area (Å²) in [5.41, 5.74) is 4.00. The predicted molar refractivity (Wildman–Crippen MR) is 81.0 cm³/mol. The lowest BCUT2D eigenvalue weighted by Crippen LogP contribution is -2.45. The van der Waals surface area contributed by atoms with Crippen LogP contribution in [-0.2, 0) is 24.1 Å².